The molecule has 72 valence electrons. The summed E-state index contributed by atoms with van der Waals surface area (Å²) in [6.45, 7) is 8.86. The van der Waals surface area contributed by atoms with Gasteiger partial charge in [0, 0.05) is 11.1 Å². The number of nitrogens with zero attached hydrogens (tertiary/aromatic N) is 1. The number of hydrogen-bond donors (Lipinski definition) is 0. The zero-order valence-corrected chi connectivity index (χ0v) is 9.17. The van der Waals surface area contributed by atoms with Crippen LogP contribution in [0.2, 0.25) is 0 Å². The zero-order valence-electron chi connectivity index (χ0n) is 9.17. The van der Waals surface area contributed by atoms with Gasteiger partial charge in [-0.05, 0) is 32.8 Å². The van der Waals surface area contributed by atoms with E-state index in [0.29, 0.717) is 6.04 Å². The summed E-state index contributed by atoms with van der Waals surface area (Å²) >= 11 is 0. The van der Waals surface area contributed by atoms with Crippen LogP contribution in [0.1, 0.15) is 44.9 Å². The lowest BCUT2D eigenvalue weighted by Crippen LogP contribution is -2.36. The first kappa shape index (κ1) is 10.2. The molecule has 0 radical (unpaired) electrons. The van der Waals surface area contributed by atoms with Gasteiger partial charge in [-0.2, -0.15) is 0 Å². The lowest BCUT2D eigenvalue weighted by atomic mass is 10.1. The topological polar surface area (TPSA) is 3.88 Å². The van der Waals surface area contributed by atoms with E-state index in [-0.39, 0.29) is 0 Å². The smallest absolute Gasteiger partial charge is 0.172 e. The molecule has 1 nitrogen and oxygen atoms in total. The quantitative estimate of drug-likeness (QED) is 0.627. The average molecular weight is 178 g/mol. The first-order valence-corrected chi connectivity index (χ1v) is 5.21. The van der Waals surface area contributed by atoms with Gasteiger partial charge in [0.2, 0.25) is 0 Å². The van der Waals surface area contributed by atoms with Crippen molar-refractivity contribution in [2.24, 2.45) is 0 Å². The maximum Gasteiger partial charge on any atom is 0.172 e. The average Bonchev–Trinajstić information content (AvgIpc) is 2.16. The van der Waals surface area contributed by atoms with Crippen LogP contribution in [0.15, 0.2) is 18.5 Å². The standard InChI is InChI=1S/C12H20N/c1-5-11-7-12(6-2)9-13(8-11)10(3)4/h7-10H,5-6H2,1-4H3/q+1. The Morgan fingerprint density at radius 3 is 1.85 bits per heavy atom. The van der Waals surface area contributed by atoms with E-state index in [1.807, 2.05) is 0 Å². The van der Waals surface area contributed by atoms with E-state index in [1.165, 1.54) is 11.1 Å². The van der Waals surface area contributed by atoms with Gasteiger partial charge in [-0.25, -0.2) is 4.57 Å². The van der Waals surface area contributed by atoms with E-state index in [4.69, 9.17) is 0 Å². The van der Waals surface area contributed by atoms with Crippen LogP contribution in [0.25, 0.3) is 0 Å². The molecule has 0 unspecified atom stereocenters. The molecular weight excluding hydrogens is 158 g/mol. The highest BCUT2D eigenvalue weighted by molar-refractivity contribution is 5.14. The monoisotopic (exact) mass is 178 g/mol. The van der Waals surface area contributed by atoms with Crippen molar-refractivity contribution in [3.8, 4) is 0 Å². The van der Waals surface area contributed by atoms with Gasteiger partial charge in [-0.15, -0.1) is 0 Å². The molecule has 0 saturated heterocycles. The van der Waals surface area contributed by atoms with Crippen LogP contribution in [-0.2, 0) is 12.8 Å². The van der Waals surface area contributed by atoms with E-state index in [1.54, 1.807) is 0 Å². The Hall–Kier alpha value is -0.850. The minimum Gasteiger partial charge on any atom is -0.203 e. The normalized spacial score (nSPS) is 10.8. The van der Waals surface area contributed by atoms with Crippen LogP contribution in [0.5, 0.6) is 0 Å². The van der Waals surface area contributed by atoms with Gasteiger partial charge >= 0.3 is 0 Å². The lowest BCUT2D eigenvalue weighted by Gasteiger charge is -2.04. The van der Waals surface area contributed by atoms with Crippen molar-refractivity contribution >= 4 is 0 Å². The van der Waals surface area contributed by atoms with E-state index in [0.717, 1.165) is 12.8 Å². The summed E-state index contributed by atoms with van der Waals surface area (Å²) in [7, 11) is 0. The van der Waals surface area contributed by atoms with Crippen LogP contribution in [-0.4, -0.2) is 0 Å². The van der Waals surface area contributed by atoms with Crippen molar-refractivity contribution < 1.29 is 4.57 Å². The molecule has 0 spiro atoms. The van der Waals surface area contributed by atoms with Crippen molar-refractivity contribution in [3.05, 3.63) is 29.6 Å². The minimum absolute atomic E-state index is 0.566. The Morgan fingerprint density at radius 1 is 1.08 bits per heavy atom. The molecule has 1 aromatic rings. The molecule has 0 amide bonds. The van der Waals surface area contributed by atoms with Gasteiger partial charge in [0.25, 0.3) is 0 Å². The predicted molar refractivity (Wildman–Crippen MR) is 55.8 cm³/mol. The molecule has 0 aliphatic heterocycles. The molecule has 0 atom stereocenters. The summed E-state index contributed by atoms with van der Waals surface area (Å²) < 4.78 is 2.30. The first-order valence-electron chi connectivity index (χ1n) is 5.21. The second-order valence-electron chi connectivity index (χ2n) is 3.80. The molecular formula is C12H20N+. The molecule has 1 aromatic heterocycles. The Labute approximate surface area is 81.4 Å². The van der Waals surface area contributed by atoms with Gasteiger partial charge in [0.05, 0.1) is 0 Å². The highest BCUT2D eigenvalue weighted by Gasteiger charge is 2.08. The third-order valence-corrected chi connectivity index (χ3v) is 2.41. The zero-order chi connectivity index (χ0) is 9.84. The molecule has 0 saturated carbocycles. The summed E-state index contributed by atoms with van der Waals surface area (Å²) in [5.41, 5.74) is 2.88. The SMILES string of the molecule is CCc1cc(CC)c[n+](C(C)C)c1. The highest BCUT2D eigenvalue weighted by atomic mass is 15.0. The van der Waals surface area contributed by atoms with Gasteiger partial charge < -0.3 is 0 Å². The first-order chi connectivity index (χ1) is 6.17. The minimum atomic E-state index is 0.566. The summed E-state index contributed by atoms with van der Waals surface area (Å²) in [6.07, 6.45) is 6.76. The molecule has 0 aliphatic rings. The predicted octanol–water partition coefficient (Wildman–Crippen LogP) is 2.68. The van der Waals surface area contributed by atoms with Gasteiger partial charge in [-0.3, -0.25) is 0 Å². The molecule has 1 heterocycles. The highest BCUT2D eigenvalue weighted by Crippen LogP contribution is 2.05. The molecule has 1 rings (SSSR count). The van der Waals surface area contributed by atoms with Crippen LogP contribution < -0.4 is 4.57 Å². The van der Waals surface area contributed by atoms with E-state index < -0.39 is 0 Å². The van der Waals surface area contributed by atoms with Crippen molar-refractivity contribution in [1.29, 1.82) is 0 Å². The van der Waals surface area contributed by atoms with Crippen LogP contribution in [0.4, 0.5) is 0 Å². The lowest BCUT2D eigenvalue weighted by molar-refractivity contribution is -0.716. The van der Waals surface area contributed by atoms with Crippen molar-refractivity contribution in [2.75, 3.05) is 0 Å². The third kappa shape index (κ3) is 2.55. The molecule has 0 aromatic carbocycles. The third-order valence-electron chi connectivity index (χ3n) is 2.41. The number of aromatic nitrogens is 1. The number of rotatable bonds is 3. The molecule has 0 N–H and O–H groups in total. The fourth-order valence-electron chi connectivity index (χ4n) is 1.42. The second-order valence-corrected chi connectivity index (χ2v) is 3.80. The maximum absolute atomic E-state index is 2.30. The Kier molecular flexibility index (Phi) is 3.47. The van der Waals surface area contributed by atoms with Gasteiger partial charge in [0.1, 0.15) is 0 Å². The number of pyridine rings is 1. The summed E-state index contributed by atoms with van der Waals surface area (Å²) in [5.74, 6) is 0. The van der Waals surface area contributed by atoms with E-state index in [2.05, 4.69) is 50.7 Å². The Bertz CT molecular complexity index is 254. The Balaban J connectivity index is 3.07. The molecule has 1 heteroatoms. The summed E-state index contributed by atoms with van der Waals surface area (Å²) in [5, 5.41) is 0. The molecule has 0 fully saturated rings. The van der Waals surface area contributed by atoms with E-state index >= 15 is 0 Å². The Morgan fingerprint density at radius 2 is 1.54 bits per heavy atom. The molecule has 0 aliphatic carbocycles. The number of aryl methyl sites for hydroxylation is 2. The summed E-state index contributed by atoms with van der Waals surface area (Å²) in [6, 6.07) is 2.87. The van der Waals surface area contributed by atoms with Crippen molar-refractivity contribution in [2.45, 2.75) is 46.6 Å². The maximum atomic E-state index is 2.30. The fraction of sp³-hybridized carbons (Fsp3) is 0.583. The largest absolute Gasteiger partial charge is 0.203 e. The van der Waals surface area contributed by atoms with Gasteiger partial charge in [0.15, 0.2) is 18.4 Å². The molecule has 0 bridgehead atoms. The van der Waals surface area contributed by atoms with Crippen LogP contribution in [0.3, 0.4) is 0 Å². The van der Waals surface area contributed by atoms with Crippen LogP contribution >= 0.6 is 0 Å². The number of hydrogen-bond acceptors (Lipinski definition) is 0. The fourth-order valence-corrected chi connectivity index (χ4v) is 1.42. The second kappa shape index (κ2) is 4.40. The van der Waals surface area contributed by atoms with Crippen LogP contribution in [0, 0.1) is 0 Å². The van der Waals surface area contributed by atoms with E-state index in [9.17, 15) is 0 Å². The van der Waals surface area contributed by atoms with Gasteiger partial charge in [-0.1, -0.05) is 13.8 Å². The van der Waals surface area contributed by atoms with Crippen molar-refractivity contribution in [3.63, 3.8) is 0 Å². The molecule has 13 heavy (non-hydrogen) atoms. The van der Waals surface area contributed by atoms with Crippen molar-refractivity contribution in [1.82, 2.24) is 0 Å². The summed E-state index contributed by atoms with van der Waals surface area (Å²) in [4.78, 5) is 0.